The number of hydrogen-bond acceptors (Lipinski definition) is 5. The summed E-state index contributed by atoms with van der Waals surface area (Å²) in [6, 6.07) is 4.26. The molecule has 0 saturated carbocycles. The SMILES string of the molecule is COc1cc(-c2onc(N3CCCC3C)c2C(=O)O)ccc1F. The van der Waals surface area contributed by atoms with Crippen LogP contribution in [-0.2, 0) is 0 Å². The summed E-state index contributed by atoms with van der Waals surface area (Å²) in [7, 11) is 1.35. The van der Waals surface area contributed by atoms with Crippen molar-refractivity contribution in [3.8, 4) is 17.1 Å². The molecule has 6 nitrogen and oxygen atoms in total. The Hall–Kier alpha value is -2.57. The maximum absolute atomic E-state index is 13.6. The van der Waals surface area contributed by atoms with Gasteiger partial charge in [-0.3, -0.25) is 0 Å². The number of benzene rings is 1. The van der Waals surface area contributed by atoms with Gasteiger partial charge in [0.25, 0.3) is 0 Å². The molecule has 2 aromatic rings. The summed E-state index contributed by atoms with van der Waals surface area (Å²) in [5.74, 6) is -1.21. The van der Waals surface area contributed by atoms with E-state index in [2.05, 4.69) is 5.16 Å². The monoisotopic (exact) mass is 320 g/mol. The third-order valence-electron chi connectivity index (χ3n) is 4.13. The summed E-state index contributed by atoms with van der Waals surface area (Å²) in [6.07, 6.45) is 1.96. The summed E-state index contributed by atoms with van der Waals surface area (Å²) in [6.45, 7) is 2.76. The second-order valence-electron chi connectivity index (χ2n) is 5.55. The number of anilines is 1. The molecule has 1 unspecified atom stereocenters. The van der Waals surface area contributed by atoms with Crippen molar-refractivity contribution in [2.45, 2.75) is 25.8 Å². The first-order chi connectivity index (χ1) is 11.0. The van der Waals surface area contributed by atoms with Crippen molar-refractivity contribution in [1.82, 2.24) is 5.16 Å². The second kappa shape index (κ2) is 5.91. The largest absolute Gasteiger partial charge is 0.494 e. The summed E-state index contributed by atoms with van der Waals surface area (Å²) >= 11 is 0. The van der Waals surface area contributed by atoms with Gasteiger partial charge in [-0.1, -0.05) is 5.16 Å². The third-order valence-corrected chi connectivity index (χ3v) is 4.13. The topological polar surface area (TPSA) is 75.8 Å². The Kier molecular flexibility index (Phi) is 3.94. The van der Waals surface area contributed by atoms with E-state index in [-0.39, 0.29) is 23.1 Å². The average molecular weight is 320 g/mol. The van der Waals surface area contributed by atoms with Crippen molar-refractivity contribution in [3.63, 3.8) is 0 Å². The third kappa shape index (κ3) is 2.62. The Bertz CT molecular complexity index is 744. The molecule has 122 valence electrons. The van der Waals surface area contributed by atoms with Gasteiger partial charge in [-0.15, -0.1) is 0 Å². The van der Waals surface area contributed by atoms with Crippen LogP contribution >= 0.6 is 0 Å². The maximum Gasteiger partial charge on any atom is 0.343 e. The number of carboxylic acids is 1. The Morgan fingerprint density at radius 3 is 2.91 bits per heavy atom. The molecule has 0 amide bonds. The smallest absolute Gasteiger partial charge is 0.343 e. The highest BCUT2D eigenvalue weighted by Crippen LogP contribution is 2.36. The molecule has 1 aromatic carbocycles. The Morgan fingerprint density at radius 1 is 1.52 bits per heavy atom. The summed E-state index contributed by atoms with van der Waals surface area (Å²) in [5.41, 5.74) is 0.402. The van der Waals surface area contributed by atoms with E-state index < -0.39 is 11.8 Å². The number of ether oxygens (including phenoxy) is 1. The van der Waals surface area contributed by atoms with Crippen LogP contribution in [-0.4, -0.2) is 35.9 Å². The highest BCUT2D eigenvalue weighted by atomic mass is 19.1. The van der Waals surface area contributed by atoms with Gasteiger partial charge in [-0.2, -0.15) is 0 Å². The van der Waals surface area contributed by atoms with Gasteiger partial charge in [0.1, 0.15) is 0 Å². The number of nitrogens with zero attached hydrogens (tertiary/aromatic N) is 2. The van der Waals surface area contributed by atoms with E-state index in [1.165, 1.54) is 25.3 Å². The molecule has 7 heteroatoms. The fraction of sp³-hybridized carbons (Fsp3) is 0.375. The predicted octanol–water partition coefficient (Wildman–Crippen LogP) is 3.18. The van der Waals surface area contributed by atoms with Crippen molar-refractivity contribution in [2.75, 3.05) is 18.6 Å². The van der Waals surface area contributed by atoms with Crippen molar-refractivity contribution < 1.29 is 23.6 Å². The number of rotatable bonds is 4. The van der Waals surface area contributed by atoms with Gasteiger partial charge in [0.15, 0.2) is 28.7 Å². The van der Waals surface area contributed by atoms with Crippen molar-refractivity contribution in [3.05, 3.63) is 29.6 Å². The molecule has 0 radical (unpaired) electrons. The van der Waals surface area contributed by atoms with E-state index in [0.29, 0.717) is 11.4 Å². The number of carboxylic acid groups (broad SMARTS) is 1. The summed E-state index contributed by atoms with van der Waals surface area (Å²) in [4.78, 5) is 13.7. The minimum Gasteiger partial charge on any atom is -0.494 e. The molecule has 1 aliphatic heterocycles. The molecular formula is C16H17FN2O4. The summed E-state index contributed by atoms with van der Waals surface area (Å²) in [5, 5.41) is 13.6. The van der Waals surface area contributed by atoms with E-state index in [1.807, 2.05) is 11.8 Å². The molecule has 3 rings (SSSR count). The fourth-order valence-corrected chi connectivity index (χ4v) is 2.92. The lowest BCUT2D eigenvalue weighted by atomic mass is 10.1. The molecule has 0 bridgehead atoms. The first-order valence-corrected chi connectivity index (χ1v) is 7.36. The Balaban J connectivity index is 2.10. The molecule has 2 heterocycles. The van der Waals surface area contributed by atoms with Gasteiger partial charge in [-0.25, -0.2) is 9.18 Å². The molecule has 1 atom stereocenters. The van der Waals surface area contributed by atoms with Crippen LogP contribution in [0.2, 0.25) is 0 Å². The zero-order valence-electron chi connectivity index (χ0n) is 12.9. The van der Waals surface area contributed by atoms with Gasteiger partial charge in [-0.05, 0) is 38.0 Å². The second-order valence-corrected chi connectivity index (χ2v) is 5.55. The highest BCUT2D eigenvalue weighted by molar-refractivity contribution is 5.99. The van der Waals surface area contributed by atoms with E-state index in [1.54, 1.807) is 0 Å². The van der Waals surface area contributed by atoms with E-state index in [4.69, 9.17) is 9.26 Å². The number of aromatic carboxylic acids is 1. The highest BCUT2D eigenvalue weighted by Gasteiger charge is 2.32. The normalized spacial score (nSPS) is 17.5. The number of methoxy groups -OCH3 is 1. The van der Waals surface area contributed by atoms with Crippen molar-refractivity contribution in [1.29, 1.82) is 0 Å². The molecule has 1 aliphatic rings. The number of carbonyl (C=O) groups is 1. The molecule has 1 fully saturated rings. The minimum atomic E-state index is -1.13. The predicted molar refractivity (Wildman–Crippen MR) is 81.5 cm³/mol. The molecule has 1 aromatic heterocycles. The fourth-order valence-electron chi connectivity index (χ4n) is 2.92. The van der Waals surface area contributed by atoms with Crippen LogP contribution in [0.4, 0.5) is 10.2 Å². The minimum absolute atomic E-state index is 0.00703. The number of hydrogen-bond donors (Lipinski definition) is 1. The Labute approximate surface area is 132 Å². The van der Waals surface area contributed by atoms with Crippen molar-refractivity contribution >= 4 is 11.8 Å². The summed E-state index contributed by atoms with van der Waals surface area (Å²) < 4.78 is 23.8. The quantitative estimate of drug-likeness (QED) is 0.932. The molecule has 1 N–H and O–H groups in total. The number of halogens is 1. The van der Waals surface area contributed by atoms with Gasteiger partial charge in [0.2, 0.25) is 0 Å². The van der Waals surface area contributed by atoms with E-state index >= 15 is 0 Å². The van der Waals surface area contributed by atoms with Gasteiger partial charge in [0.05, 0.1) is 7.11 Å². The van der Waals surface area contributed by atoms with Crippen LogP contribution < -0.4 is 9.64 Å². The maximum atomic E-state index is 13.6. The van der Waals surface area contributed by atoms with E-state index in [0.717, 1.165) is 19.4 Å². The molecular weight excluding hydrogens is 303 g/mol. The van der Waals surface area contributed by atoms with Crippen molar-refractivity contribution in [2.24, 2.45) is 0 Å². The lowest BCUT2D eigenvalue weighted by Gasteiger charge is -2.20. The van der Waals surface area contributed by atoms with Crippen LogP contribution in [0.3, 0.4) is 0 Å². The van der Waals surface area contributed by atoms with Crippen LogP contribution in [0.15, 0.2) is 22.7 Å². The first-order valence-electron chi connectivity index (χ1n) is 7.36. The van der Waals surface area contributed by atoms with Crippen LogP contribution in [0.1, 0.15) is 30.1 Å². The van der Waals surface area contributed by atoms with Gasteiger partial charge < -0.3 is 19.3 Å². The van der Waals surface area contributed by atoms with Gasteiger partial charge >= 0.3 is 5.97 Å². The van der Waals surface area contributed by atoms with Crippen LogP contribution in [0.5, 0.6) is 5.75 Å². The standard InChI is InChI=1S/C16H17FN2O4/c1-9-4-3-7-19(9)15-13(16(20)21)14(23-18-15)10-5-6-11(17)12(8-10)22-2/h5-6,8-9H,3-4,7H2,1-2H3,(H,20,21). The van der Waals surface area contributed by atoms with Crippen LogP contribution in [0, 0.1) is 5.82 Å². The molecule has 0 aliphatic carbocycles. The molecule has 1 saturated heterocycles. The van der Waals surface area contributed by atoms with E-state index in [9.17, 15) is 14.3 Å². The lowest BCUT2D eigenvalue weighted by Crippen LogP contribution is -2.28. The molecule has 23 heavy (non-hydrogen) atoms. The molecule has 0 spiro atoms. The first kappa shape index (κ1) is 15.3. The van der Waals surface area contributed by atoms with Gasteiger partial charge in [0, 0.05) is 18.2 Å². The number of aromatic nitrogens is 1. The average Bonchev–Trinajstić information content (AvgIpc) is 3.13. The zero-order valence-corrected chi connectivity index (χ0v) is 12.9. The Morgan fingerprint density at radius 2 is 2.30 bits per heavy atom. The zero-order chi connectivity index (χ0) is 16.6. The van der Waals surface area contributed by atoms with Crippen LogP contribution in [0.25, 0.3) is 11.3 Å². The lowest BCUT2D eigenvalue weighted by molar-refractivity contribution is 0.0698.